The molecular weight excluding hydrogens is 352 g/mol. The average molecular weight is 378 g/mol. The predicted octanol–water partition coefficient (Wildman–Crippen LogP) is 2.20. The number of nitrogens with zero attached hydrogens (tertiary/aromatic N) is 4. The van der Waals surface area contributed by atoms with Gasteiger partial charge in [-0.3, -0.25) is 5.43 Å². The van der Waals surface area contributed by atoms with E-state index in [2.05, 4.69) is 48.8 Å². The third-order valence-corrected chi connectivity index (χ3v) is 5.76. The minimum Gasteiger partial charge on any atom is -0.459 e. The van der Waals surface area contributed by atoms with Gasteiger partial charge in [-0.1, -0.05) is 18.2 Å². The van der Waals surface area contributed by atoms with E-state index >= 15 is 0 Å². The number of rotatable bonds is 4. The highest BCUT2D eigenvalue weighted by atomic mass is 16.3. The lowest BCUT2D eigenvalue weighted by Crippen LogP contribution is -2.36. The van der Waals surface area contributed by atoms with Crippen LogP contribution in [0.2, 0.25) is 0 Å². The van der Waals surface area contributed by atoms with Gasteiger partial charge in [0.25, 0.3) is 0 Å². The van der Waals surface area contributed by atoms with Crippen molar-refractivity contribution >= 4 is 16.9 Å². The third-order valence-electron chi connectivity index (χ3n) is 5.76. The molecule has 0 saturated carbocycles. The lowest BCUT2D eigenvalue weighted by Gasteiger charge is -2.26. The van der Waals surface area contributed by atoms with Crippen LogP contribution in [-0.4, -0.2) is 54.1 Å². The summed E-state index contributed by atoms with van der Waals surface area (Å²) in [7, 11) is 0. The van der Waals surface area contributed by atoms with Gasteiger partial charge in [0.2, 0.25) is 5.95 Å². The van der Waals surface area contributed by atoms with Crippen LogP contribution in [-0.2, 0) is 0 Å². The van der Waals surface area contributed by atoms with Gasteiger partial charge in [0.05, 0.1) is 6.04 Å². The van der Waals surface area contributed by atoms with Crippen LogP contribution in [0, 0.1) is 5.92 Å². The van der Waals surface area contributed by atoms with E-state index in [1.165, 1.54) is 5.39 Å². The van der Waals surface area contributed by atoms with Crippen LogP contribution in [0.3, 0.4) is 0 Å². The minimum absolute atomic E-state index is 0.198. The number of hydrogen-bond acceptors (Lipinski definition) is 7. The first kappa shape index (κ1) is 17.6. The molecule has 2 aliphatic heterocycles. The van der Waals surface area contributed by atoms with E-state index in [0.717, 1.165) is 63.0 Å². The molecule has 0 amide bonds. The van der Waals surface area contributed by atoms with E-state index in [9.17, 15) is 0 Å². The van der Waals surface area contributed by atoms with Crippen LogP contribution >= 0.6 is 0 Å². The number of fused-ring (bicyclic) bond motifs is 1. The van der Waals surface area contributed by atoms with Gasteiger partial charge in [-0.25, -0.2) is 15.4 Å². The molecule has 0 spiro atoms. The van der Waals surface area contributed by atoms with Crippen LogP contribution in [0.15, 0.2) is 53.2 Å². The average Bonchev–Trinajstić information content (AvgIpc) is 3.30. The Morgan fingerprint density at radius 1 is 1.04 bits per heavy atom. The molecule has 7 nitrogen and oxygen atoms in total. The first-order valence-electron chi connectivity index (χ1n) is 10.1. The Balaban J connectivity index is 1.25. The van der Waals surface area contributed by atoms with Crippen LogP contribution in [0.25, 0.3) is 11.0 Å². The van der Waals surface area contributed by atoms with E-state index in [-0.39, 0.29) is 6.04 Å². The summed E-state index contributed by atoms with van der Waals surface area (Å²) >= 11 is 0. The third kappa shape index (κ3) is 3.61. The predicted molar refractivity (Wildman–Crippen MR) is 109 cm³/mol. The summed E-state index contributed by atoms with van der Waals surface area (Å²) in [4.78, 5) is 13.7. The van der Waals surface area contributed by atoms with Crippen molar-refractivity contribution in [2.45, 2.75) is 12.5 Å². The molecule has 28 heavy (non-hydrogen) atoms. The van der Waals surface area contributed by atoms with Crippen molar-refractivity contribution in [3.05, 3.63) is 54.6 Å². The van der Waals surface area contributed by atoms with Crippen molar-refractivity contribution < 1.29 is 4.42 Å². The zero-order valence-electron chi connectivity index (χ0n) is 15.9. The molecule has 2 fully saturated rings. The summed E-state index contributed by atoms with van der Waals surface area (Å²) in [5.41, 5.74) is 7.72. The lowest BCUT2D eigenvalue weighted by molar-refractivity contribution is 0.232. The number of hydrazine groups is 1. The Morgan fingerprint density at radius 2 is 1.93 bits per heavy atom. The standard InChI is InChI=1S/C21H26N6O/c1-2-6-18-16(5-1)13-19(28-18)20-17(14-24-25-20)15-26-9-4-10-27(12-11-26)21-22-7-3-8-23-21/h1-3,5-8,13,17,20,24-25H,4,9-12,14-15H2. The molecule has 4 heterocycles. The van der Waals surface area contributed by atoms with Crippen molar-refractivity contribution in [2.24, 2.45) is 5.92 Å². The maximum Gasteiger partial charge on any atom is 0.225 e. The summed E-state index contributed by atoms with van der Waals surface area (Å²) in [6.45, 7) is 6.10. The van der Waals surface area contributed by atoms with Gasteiger partial charge in [0, 0.05) is 56.4 Å². The van der Waals surface area contributed by atoms with Crippen molar-refractivity contribution in [1.82, 2.24) is 25.7 Å². The number of hydrogen-bond donors (Lipinski definition) is 2. The first-order chi connectivity index (χ1) is 13.9. The number of benzene rings is 1. The molecule has 0 radical (unpaired) electrons. The van der Waals surface area contributed by atoms with Gasteiger partial charge in [0.15, 0.2) is 0 Å². The Morgan fingerprint density at radius 3 is 2.82 bits per heavy atom. The molecule has 146 valence electrons. The number of nitrogens with one attached hydrogen (secondary N) is 2. The number of anilines is 1. The summed E-state index contributed by atoms with van der Waals surface area (Å²) in [6.07, 6.45) is 4.76. The zero-order valence-corrected chi connectivity index (χ0v) is 15.9. The minimum atomic E-state index is 0.198. The molecular formula is C21H26N6O. The maximum absolute atomic E-state index is 6.13. The van der Waals surface area contributed by atoms with E-state index in [4.69, 9.17) is 4.42 Å². The van der Waals surface area contributed by atoms with E-state index in [0.29, 0.717) is 5.92 Å². The van der Waals surface area contributed by atoms with Gasteiger partial charge < -0.3 is 14.2 Å². The second kappa shape index (κ2) is 7.87. The molecule has 5 rings (SSSR count). The molecule has 2 atom stereocenters. The molecule has 2 N–H and O–H groups in total. The Labute approximate surface area is 164 Å². The Kier molecular flexibility index (Phi) is 4.95. The highest BCUT2D eigenvalue weighted by molar-refractivity contribution is 5.77. The quantitative estimate of drug-likeness (QED) is 0.721. The normalized spacial score (nSPS) is 23.9. The fraction of sp³-hybridized carbons (Fsp3) is 0.429. The fourth-order valence-electron chi connectivity index (χ4n) is 4.30. The van der Waals surface area contributed by atoms with Crippen LogP contribution < -0.4 is 15.8 Å². The summed E-state index contributed by atoms with van der Waals surface area (Å²) in [6, 6.07) is 12.4. The van der Waals surface area contributed by atoms with E-state index < -0.39 is 0 Å². The van der Waals surface area contributed by atoms with Gasteiger partial charge in [-0.05, 0) is 31.2 Å². The molecule has 2 aromatic heterocycles. The van der Waals surface area contributed by atoms with Crippen molar-refractivity contribution in [1.29, 1.82) is 0 Å². The molecule has 1 aromatic carbocycles. The first-order valence-corrected chi connectivity index (χ1v) is 10.1. The topological polar surface area (TPSA) is 69.5 Å². The van der Waals surface area contributed by atoms with Gasteiger partial charge in [-0.15, -0.1) is 0 Å². The molecule has 3 aromatic rings. The molecule has 0 bridgehead atoms. The van der Waals surface area contributed by atoms with Crippen LogP contribution in [0.1, 0.15) is 18.2 Å². The maximum atomic E-state index is 6.13. The summed E-state index contributed by atoms with van der Waals surface area (Å²) in [5.74, 6) is 2.33. The Bertz CT molecular complexity index is 880. The van der Waals surface area contributed by atoms with Crippen LogP contribution in [0.4, 0.5) is 5.95 Å². The number of para-hydroxylation sites is 1. The van der Waals surface area contributed by atoms with Gasteiger partial charge in [0.1, 0.15) is 11.3 Å². The highest BCUT2D eigenvalue weighted by Crippen LogP contribution is 2.30. The SMILES string of the molecule is c1cnc(N2CCCN(CC3CNNC3c3cc4ccccc4o3)CC2)nc1. The second-order valence-electron chi connectivity index (χ2n) is 7.64. The summed E-state index contributed by atoms with van der Waals surface area (Å²) in [5, 5.41) is 1.17. The smallest absolute Gasteiger partial charge is 0.225 e. The molecule has 2 unspecified atom stereocenters. The largest absolute Gasteiger partial charge is 0.459 e. The molecule has 7 heteroatoms. The zero-order chi connectivity index (χ0) is 18.8. The highest BCUT2D eigenvalue weighted by Gasteiger charge is 2.32. The number of aromatic nitrogens is 2. The monoisotopic (exact) mass is 378 g/mol. The molecule has 0 aliphatic carbocycles. The van der Waals surface area contributed by atoms with Crippen LogP contribution in [0.5, 0.6) is 0 Å². The molecule has 2 aliphatic rings. The van der Waals surface area contributed by atoms with Gasteiger partial charge in [-0.2, -0.15) is 0 Å². The Hall–Kier alpha value is -2.48. The van der Waals surface area contributed by atoms with E-state index in [1.807, 2.05) is 30.6 Å². The van der Waals surface area contributed by atoms with Crippen molar-refractivity contribution in [3.63, 3.8) is 0 Å². The molecule has 2 saturated heterocycles. The summed E-state index contributed by atoms with van der Waals surface area (Å²) < 4.78 is 6.13. The number of furan rings is 1. The second-order valence-corrected chi connectivity index (χ2v) is 7.64. The fourth-order valence-corrected chi connectivity index (χ4v) is 4.30. The van der Waals surface area contributed by atoms with Gasteiger partial charge >= 0.3 is 0 Å². The lowest BCUT2D eigenvalue weighted by atomic mass is 9.99. The van der Waals surface area contributed by atoms with Crippen molar-refractivity contribution in [3.8, 4) is 0 Å². The van der Waals surface area contributed by atoms with E-state index in [1.54, 1.807) is 0 Å². The van der Waals surface area contributed by atoms with Crippen molar-refractivity contribution in [2.75, 3.05) is 44.2 Å².